The number of carbonyl (C=O) groups excluding carboxylic acids is 2. The zero-order valence-electron chi connectivity index (χ0n) is 11.1. The molecule has 0 unspecified atom stereocenters. The maximum absolute atomic E-state index is 12.1. The van der Waals surface area contributed by atoms with E-state index in [4.69, 9.17) is 5.11 Å². The van der Waals surface area contributed by atoms with Crippen molar-refractivity contribution in [2.45, 2.75) is 6.92 Å². The van der Waals surface area contributed by atoms with Gasteiger partial charge in [0.15, 0.2) is 0 Å². The van der Waals surface area contributed by atoms with E-state index >= 15 is 0 Å². The zero-order chi connectivity index (χ0) is 16.2. The monoisotopic (exact) mass is 300 g/mol. The Balaban J connectivity index is 2.43. The first-order valence-electron chi connectivity index (χ1n) is 6.12. The second-order valence-electron chi connectivity index (χ2n) is 4.78. The van der Waals surface area contributed by atoms with Crippen LogP contribution in [0.25, 0.3) is 11.3 Å². The van der Waals surface area contributed by atoms with Crippen LogP contribution >= 0.6 is 0 Å². The van der Waals surface area contributed by atoms with Crippen LogP contribution in [0.1, 0.15) is 47.4 Å². The molecule has 0 saturated heterocycles. The molecule has 3 rings (SSSR count). The van der Waals surface area contributed by atoms with Gasteiger partial charge in [-0.05, 0) is 19.1 Å². The van der Waals surface area contributed by atoms with Gasteiger partial charge in [0.1, 0.15) is 11.4 Å². The molecule has 0 atom stereocenters. The first-order valence-corrected chi connectivity index (χ1v) is 6.12. The van der Waals surface area contributed by atoms with Gasteiger partial charge in [-0.15, -0.1) is 0 Å². The van der Waals surface area contributed by atoms with Crippen molar-refractivity contribution in [3.05, 3.63) is 40.3 Å². The number of ketones is 2. The van der Waals surface area contributed by atoms with Crippen LogP contribution in [-0.4, -0.2) is 43.7 Å². The average molecular weight is 300 g/mol. The Labute approximate surface area is 122 Å². The number of nitrogens with one attached hydrogen (secondary N) is 1. The molecule has 0 aromatic carbocycles. The number of rotatable bonds is 2. The maximum Gasteiger partial charge on any atom is 0.352 e. The quantitative estimate of drug-likeness (QED) is 0.707. The Morgan fingerprint density at radius 3 is 2.36 bits per heavy atom. The molecule has 0 bridgehead atoms. The number of aromatic amines is 1. The summed E-state index contributed by atoms with van der Waals surface area (Å²) in [5.41, 5.74) is -0.783. The van der Waals surface area contributed by atoms with Gasteiger partial charge in [-0.3, -0.25) is 9.59 Å². The molecule has 0 saturated carbocycles. The minimum Gasteiger partial charge on any atom is -0.478 e. The van der Waals surface area contributed by atoms with Crippen molar-refractivity contribution in [3.8, 4) is 11.3 Å². The summed E-state index contributed by atoms with van der Waals surface area (Å²) in [6.07, 6.45) is 0. The molecule has 0 radical (unpaired) electrons. The van der Waals surface area contributed by atoms with Crippen LogP contribution in [0.15, 0.2) is 12.1 Å². The number of carboxylic acid groups (broad SMARTS) is 2. The third-order valence-electron chi connectivity index (χ3n) is 3.34. The van der Waals surface area contributed by atoms with Gasteiger partial charge in [-0.1, -0.05) is 0 Å². The number of carboxylic acids is 2. The van der Waals surface area contributed by atoms with E-state index in [1.807, 2.05) is 0 Å². The van der Waals surface area contributed by atoms with Crippen molar-refractivity contribution in [3.63, 3.8) is 0 Å². The predicted octanol–water partition coefficient (Wildman–Crippen LogP) is 1.16. The van der Waals surface area contributed by atoms with Crippen molar-refractivity contribution in [2.24, 2.45) is 0 Å². The molecule has 22 heavy (non-hydrogen) atoms. The second-order valence-corrected chi connectivity index (χ2v) is 4.78. The molecule has 2 heterocycles. The van der Waals surface area contributed by atoms with E-state index in [9.17, 15) is 24.3 Å². The van der Waals surface area contributed by atoms with Crippen LogP contribution in [0.2, 0.25) is 0 Å². The van der Waals surface area contributed by atoms with Gasteiger partial charge < -0.3 is 15.2 Å². The molecular weight excluding hydrogens is 292 g/mol. The van der Waals surface area contributed by atoms with Gasteiger partial charge in [-0.25, -0.2) is 14.6 Å². The summed E-state index contributed by atoms with van der Waals surface area (Å²) in [4.78, 5) is 53.0. The molecule has 8 heteroatoms. The first kappa shape index (κ1) is 13.7. The molecule has 1 aliphatic carbocycles. The zero-order valence-corrected chi connectivity index (χ0v) is 11.1. The van der Waals surface area contributed by atoms with Crippen molar-refractivity contribution in [1.82, 2.24) is 9.97 Å². The Hall–Kier alpha value is -3.29. The van der Waals surface area contributed by atoms with Gasteiger partial charge in [-0.2, -0.15) is 0 Å². The molecule has 0 fully saturated rings. The molecule has 3 N–H and O–H groups in total. The summed E-state index contributed by atoms with van der Waals surface area (Å²) in [6.45, 7) is 1.50. The fourth-order valence-electron chi connectivity index (χ4n) is 2.44. The van der Waals surface area contributed by atoms with Gasteiger partial charge in [0.2, 0.25) is 5.78 Å². The van der Waals surface area contributed by atoms with Crippen LogP contribution in [0.5, 0.6) is 0 Å². The van der Waals surface area contributed by atoms with E-state index in [1.165, 1.54) is 13.0 Å². The van der Waals surface area contributed by atoms with Crippen molar-refractivity contribution in [2.75, 3.05) is 0 Å². The number of pyridine rings is 1. The highest BCUT2D eigenvalue weighted by molar-refractivity contribution is 6.52. The third-order valence-corrected chi connectivity index (χ3v) is 3.34. The van der Waals surface area contributed by atoms with E-state index in [-0.39, 0.29) is 39.5 Å². The summed E-state index contributed by atoms with van der Waals surface area (Å²) in [7, 11) is 0. The normalized spacial score (nSPS) is 12.8. The number of fused-ring (bicyclic) bond motifs is 3. The molecule has 8 nitrogen and oxygen atoms in total. The highest BCUT2D eigenvalue weighted by Gasteiger charge is 2.37. The van der Waals surface area contributed by atoms with Crippen LogP contribution < -0.4 is 0 Å². The Kier molecular flexibility index (Phi) is 2.71. The molecular formula is C14H8N2O6. The topological polar surface area (TPSA) is 137 Å². The van der Waals surface area contributed by atoms with Crippen LogP contribution in [0.4, 0.5) is 0 Å². The SMILES string of the molecule is Cc1cc(C(=O)O)c2c(n1)C(=O)C(=O)c1cc(C(=O)O)[nH]c1-2. The standard InChI is InChI=1S/C14H8N2O6/c1-4-2-5(13(19)20)8-9-6(3-7(16-9)14(21)22)11(17)12(18)10(8)15-4/h2-3,16H,1H3,(H,19,20)(H,21,22). The summed E-state index contributed by atoms with van der Waals surface area (Å²) in [5.74, 6) is -4.50. The molecule has 0 aliphatic heterocycles. The number of aryl methyl sites for hydroxylation is 1. The van der Waals surface area contributed by atoms with E-state index in [0.29, 0.717) is 0 Å². The number of carbonyl (C=O) groups is 4. The lowest BCUT2D eigenvalue weighted by Crippen LogP contribution is -2.24. The largest absolute Gasteiger partial charge is 0.478 e. The molecule has 2 aromatic rings. The Morgan fingerprint density at radius 2 is 1.77 bits per heavy atom. The highest BCUT2D eigenvalue weighted by atomic mass is 16.4. The molecule has 1 aliphatic rings. The van der Waals surface area contributed by atoms with E-state index in [0.717, 1.165) is 6.07 Å². The number of aromatic carboxylic acids is 2. The van der Waals surface area contributed by atoms with Crippen LogP contribution in [0, 0.1) is 6.92 Å². The van der Waals surface area contributed by atoms with Crippen molar-refractivity contribution in [1.29, 1.82) is 0 Å². The summed E-state index contributed by atoms with van der Waals surface area (Å²) < 4.78 is 0. The summed E-state index contributed by atoms with van der Waals surface area (Å²) in [6, 6.07) is 2.28. The Bertz CT molecular complexity index is 893. The number of hydrogen-bond donors (Lipinski definition) is 3. The first-order chi connectivity index (χ1) is 10.3. The molecule has 0 amide bonds. The minimum absolute atomic E-state index is 0.0121. The smallest absolute Gasteiger partial charge is 0.352 e. The number of aromatic nitrogens is 2. The van der Waals surface area contributed by atoms with Gasteiger partial charge in [0.05, 0.1) is 16.8 Å². The van der Waals surface area contributed by atoms with Gasteiger partial charge in [0, 0.05) is 11.3 Å². The highest BCUT2D eigenvalue weighted by Crippen LogP contribution is 2.35. The van der Waals surface area contributed by atoms with Gasteiger partial charge in [0.25, 0.3) is 5.78 Å². The van der Waals surface area contributed by atoms with E-state index in [1.54, 1.807) is 0 Å². The lowest BCUT2D eigenvalue weighted by molar-refractivity contribution is 0.0683. The second kappa shape index (κ2) is 4.35. The Morgan fingerprint density at radius 1 is 1.09 bits per heavy atom. The number of hydrogen-bond acceptors (Lipinski definition) is 5. The van der Waals surface area contributed by atoms with Crippen LogP contribution in [0.3, 0.4) is 0 Å². The number of Topliss-reactive ketones (excluding diaryl/α,β-unsaturated/α-hetero) is 2. The van der Waals surface area contributed by atoms with Gasteiger partial charge >= 0.3 is 11.9 Å². The predicted molar refractivity (Wildman–Crippen MR) is 71.3 cm³/mol. The lowest BCUT2D eigenvalue weighted by atomic mass is 9.88. The third kappa shape index (κ3) is 1.74. The lowest BCUT2D eigenvalue weighted by Gasteiger charge is -2.16. The van der Waals surface area contributed by atoms with Crippen molar-refractivity contribution >= 4 is 23.5 Å². The number of nitrogens with zero attached hydrogens (tertiary/aromatic N) is 1. The molecule has 0 spiro atoms. The fourth-order valence-corrected chi connectivity index (χ4v) is 2.44. The average Bonchev–Trinajstić information content (AvgIpc) is 2.89. The summed E-state index contributed by atoms with van der Waals surface area (Å²) in [5, 5.41) is 18.3. The minimum atomic E-state index is -1.33. The maximum atomic E-state index is 12.1. The molecule has 110 valence electrons. The fraction of sp³-hybridized carbons (Fsp3) is 0.0714. The molecule has 2 aromatic heterocycles. The van der Waals surface area contributed by atoms with Crippen LogP contribution in [-0.2, 0) is 0 Å². The van der Waals surface area contributed by atoms with E-state index in [2.05, 4.69) is 9.97 Å². The van der Waals surface area contributed by atoms with E-state index < -0.39 is 23.5 Å². The number of H-pyrrole nitrogens is 1. The van der Waals surface area contributed by atoms with Crippen molar-refractivity contribution < 1.29 is 29.4 Å². The summed E-state index contributed by atoms with van der Waals surface area (Å²) >= 11 is 0.